The fourth-order valence-electron chi connectivity index (χ4n) is 2.57. The zero-order chi connectivity index (χ0) is 19.2. The third-order valence-electron chi connectivity index (χ3n) is 4.02. The second kappa shape index (κ2) is 8.51. The van der Waals surface area contributed by atoms with Crippen molar-refractivity contribution < 1.29 is 9.59 Å². The number of carbonyl (C=O) groups is 2. The summed E-state index contributed by atoms with van der Waals surface area (Å²) in [5, 5.41) is 10.3. The molecule has 0 radical (unpaired) electrons. The van der Waals surface area contributed by atoms with Crippen molar-refractivity contribution in [2.75, 3.05) is 10.6 Å². The van der Waals surface area contributed by atoms with E-state index in [9.17, 15) is 9.59 Å². The molecule has 2 aromatic carbocycles. The van der Waals surface area contributed by atoms with Crippen molar-refractivity contribution in [2.45, 2.75) is 19.4 Å². The van der Waals surface area contributed by atoms with Gasteiger partial charge in [0.25, 0.3) is 0 Å². The second-order valence-electron chi connectivity index (χ2n) is 6.05. The number of nitrogens with zero attached hydrogens (tertiary/aromatic N) is 2. The predicted octanol–water partition coefficient (Wildman–Crippen LogP) is 3.92. The Bertz CT molecular complexity index is 941. The van der Waals surface area contributed by atoms with Gasteiger partial charge in [-0.1, -0.05) is 35.9 Å². The lowest BCUT2D eigenvalue weighted by Crippen LogP contribution is -2.24. The zero-order valence-electron chi connectivity index (χ0n) is 14.7. The largest absolute Gasteiger partial charge is 0.326 e. The van der Waals surface area contributed by atoms with Gasteiger partial charge in [-0.05, 0) is 42.8 Å². The highest BCUT2D eigenvalue weighted by Crippen LogP contribution is 2.19. The topological polar surface area (TPSA) is 76.0 Å². The van der Waals surface area contributed by atoms with Crippen LogP contribution in [0.2, 0.25) is 5.02 Å². The standard InChI is InChI=1S/C20H19ClN4O2/c1-14(25-11-5-10-22-25)20(27)24-17-8-4-7-16(13-17)23-19(26)12-15-6-2-3-9-18(15)21/h2-11,13-14H,12H2,1H3,(H,23,26)(H,24,27)/t14-/m0/s1. The van der Waals surface area contributed by atoms with Crippen molar-refractivity contribution >= 4 is 34.8 Å². The van der Waals surface area contributed by atoms with Gasteiger partial charge >= 0.3 is 0 Å². The van der Waals surface area contributed by atoms with Gasteiger partial charge in [0, 0.05) is 28.8 Å². The maximum absolute atomic E-state index is 12.3. The van der Waals surface area contributed by atoms with Crippen molar-refractivity contribution in [3.05, 3.63) is 77.6 Å². The molecule has 1 aromatic heterocycles. The van der Waals surface area contributed by atoms with Crippen LogP contribution in [0.5, 0.6) is 0 Å². The van der Waals surface area contributed by atoms with Gasteiger partial charge in [-0.15, -0.1) is 0 Å². The number of amides is 2. The van der Waals surface area contributed by atoms with Crippen LogP contribution in [-0.2, 0) is 16.0 Å². The maximum Gasteiger partial charge on any atom is 0.248 e. The lowest BCUT2D eigenvalue weighted by Gasteiger charge is -2.13. The van der Waals surface area contributed by atoms with Crippen molar-refractivity contribution in [3.63, 3.8) is 0 Å². The molecule has 7 heteroatoms. The fourth-order valence-corrected chi connectivity index (χ4v) is 2.77. The molecule has 0 saturated heterocycles. The smallest absolute Gasteiger partial charge is 0.248 e. The van der Waals surface area contributed by atoms with Crippen LogP contribution >= 0.6 is 11.6 Å². The minimum atomic E-state index is -0.446. The van der Waals surface area contributed by atoms with E-state index in [1.165, 1.54) is 0 Å². The van der Waals surface area contributed by atoms with E-state index in [2.05, 4.69) is 15.7 Å². The third kappa shape index (κ3) is 4.95. The van der Waals surface area contributed by atoms with Crippen LogP contribution in [0.4, 0.5) is 11.4 Å². The molecule has 0 unspecified atom stereocenters. The van der Waals surface area contributed by atoms with Gasteiger partial charge in [-0.25, -0.2) is 0 Å². The number of anilines is 2. The van der Waals surface area contributed by atoms with Crippen LogP contribution < -0.4 is 10.6 Å². The molecule has 1 heterocycles. The Balaban J connectivity index is 1.62. The maximum atomic E-state index is 12.3. The van der Waals surface area contributed by atoms with Gasteiger partial charge in [-0.3, -0.25) is 14.3 Å². The van der Waals surface area contributed by atoms with Crippen LogP contribution in [-0.4, -0.2) is 21.6 Å². The van der Waals surface area contributed by atoms with E-state index < -0.39 is 6.04 Å². The summed E-state index contributed by atoms with van der Waals surface area (Å²) in [7, 11) is 0. The molecule has 1 atom stereocenters. The summed E-state index contributed by atoms with van der Waals surface area (Å²) in [6, 6.07) is 15.5. The second-order valence-corrected chi connectivity index (χ2v) is 6.46. The van der Waals surface area contributed by atoms with E-state index in [0.717, 1.165) is 5.56 Å². The van der Waals surface area contributed by atoms with Crippen molar-refractivity contribution in [1.82, 2.24) is 9.78 Å². The van der Waals surface area contributed by atoms with E-state index in [1.54, 1.807) is 60.4 Å². The molecule has 0 spiro atoms. The molecule has 0 fully saturated rings. The molecule has 27 heavy (non-hydrogen) atoms. The van der Waals surface area contributed by atoms with Crippen LogP contribution in [0.15, 0.2) is 67.0 Å². The Kier molecular flexibility index (Phi) is 5.88. The number of hydrogen-bond acceptors (Lipinski definition) is 3. The van der Waals surface area contributed by atoms with Gasteiger partial charge in [-0.2, -0.15) is 5.10 Å². The number of nitrogens with one attached hydrogen (secondary N) is 2. The van der Waals surface area contributed by atoms with Gasteiger partial charge in [0.2, 0.25) is 11.8 Å². The molecule has 0 aliphatic heterocycles. The van der Waals surface area contributed by atoms with E-state index in [1.807, 2.05) is 18.2 Å². The van der Waals surface area contributed by atoms with Crippen LogP contribution in [0, 0.1) is 0 Å². The summed E-state index contributed by atoms with van der Waals surface area (Å²) in [4.78, 5) is 24.6. The van der Waals surface area contributed by atoms with Crippen molar-refractivity contribution in [1.29, 1.82) is 0 Å². The molecule has 0 bridgehead atoms. The molecule has 2 amide bonds. The Morgan fingerprint density at radius 2 is 1.81 bits per heavy atom. The Morgan fingerprint density at radius 3 is 2.52 bits per heavy atom. The molecule has 0 aliphatic rings. The first-order valence-corrected chi connectivity index (χ1v) is 8.84. The summed E-state index contributed by atoms with van der Waals surface area (Å²) >= 11 is 6.09. The Hall–Kier alpha value is -3.12. The molecular formula is C20H19ClN4O2. The SMILES string of the molecule is C[C@@H](C(=O)Nc1cccc(NC(=O)Cc2ccccc2Cl)c1)n1cccn1. The van der Waals surface area contributed by atoms with Gasteiger partial charge in [0.15, 0.2) is 0 Å². The summed E-state index contributed by atoms with van der Waals surface area (Å²) in [6.45, 7) is 1.76. The highest BCUT2D eigenvalue weighted by Gasteiger charge is 2.15. The van der Waals surface area contributed by atoms with Crippen LogP contribution in [0.1, 0.15) is 18.5 Å². The lowest BCUT2D eigenvalue weighted by molar-refractivity contribution is -0.119. The summed E-state index contributed by atoms with van der Waals surface area (Å²) < 4.78 is 1.57. The first-order chi connectivity index (χ1) is 13.0. The number of carbonyl (C=O) groups excluding carboxylic acids is 2. The van der Waals surface area contributed by atoms with E-state index in [0.29, 0.717) is 16.4 Å². The molecule has 6 nitrogen and oxygen atoms in total. The quantitative estimate of drug-likeness (QED) is 0.678. The number of rotatable bonds is 6. The molecule has 2 N–H and O–H groups in total. The summed E-state index contributed by atoms with van der Waals surface area (Å²) in [5.41, 5.74) is 1.94. The zero-order valence-corrected chi connectivity index (χ0v) is 15.5. The minimum Gasteiger partial charge on any atom is -0.326 e. The first kappa shape index (κ1) is 18.7. The molecule has 3 aromatic rings. The highest BCUT2D eigenvalue weighted by molar-refractivity contribution is 6.31. The molecule has 3 rings (SSSR count). The summed E-state index contributed by atoms with van der Waals surface area (Å²) in [6.07, 6.45) is 3.53. The Morgan fingerprint density at radius 1 is 1.07 bits per heavy atom. The first-order valence-electron chi connectivity index (χ1n) is 8.46. The van der Waals surface area contributed by atoms with Crippen molar-refractivity contribution in [2.24, 2.45) is 0 Å². The predicted molar refractivity (Wildman–Crippen MR) is 106 cm³/mol. The molecule has 138 valence electrons. The fraction of sp³-hybridized carbons (Fsp3) is 0.150. The van der Waals surface area contributed by atoms with Gasteiger partial charge < -0.3 is 10.6 Å². The minimum absolute atomic E-state index is 0.173. The average Bonchev–Trinajstić information content (AvgIpc) is 3.18. The number of halogens is 1. The van der Waals surface area contributed by atoms with E-state index in [4.69, 9.17) is 11.6 Å². The third-order valence-corrected chi connectivity index (χ3v) is 4.39. The highest BCUT2D eigenvalue weighted by atomic mass is 35.5. The van der Waals surface area contributed by atoms with Crippen LogP contribution in [0.3, 0.4) is 0 Å². The molecule has 0 saturated carbocycles. The molecular weight excluding hydrogens is 364 g/mol. The number of hydrogen-bond donors (Lipinski definition) is 2. The summed E-state index contributed by atoms with van der Waals surface area (Å²) in [5.74, 6) is -0.380. The molecule has 0 aliphatic carbocycles. The van der Waals surface area contributed by atoms with Gasteiger partial charge in [0.1, 0.15) is 6.04 Å². The van der Waals surface area contributed by atoms with Crippen molar-refractivity contribution in [3.8, 4) is 0 Å². The normalized spacial score (nSPS) is 11.6. The van der Waals surface area contributed by atoms with E-state index in [-0.39, 0.29) is 18.2 Å². The number of aromatic nitrogens is 2. The Labute approximate surface area is 162 Å². The van der Waals surface area contributed by atoms with Crippen LogP contribution in [0.25, 0.3) is 0 Å². The lowest BCUT2D eigenvalue weighted by atomic mass is 10.1. The average molecular weight is 383 g/mol. The van der Waals surface area contributed by atoms with E-state index >= 15 is 0 Å². The van der Waals surface area contributed by atoms with Gasteiger partial charge in [0.05, 0.1) is 6.42 Å². The number of benzene rings is 2. The monoisotopic (exact) mass is 382 g/mol.